The number of nitrogens with zero attached hydrogens (tertiary/aromatic N) is 4. The van der Waals surface area contributed by atoms with Crippen molar-refractivity contribution >= 4 is 17.6 Å². The number of hydrogen-bond donors (Lipinski definition) is 2. The first-order valence-electron chi connectivity index (χ1n) is 10.4. The van der Waals surface area contributed by atoms with E-state index in [2.05, 4.69) is 37.0 Å². The van der Waals surface area contributed by atoms with Crippen molar-refractivity contribution < 1.29 is 4.79 Å². The van der Waals surface area contributed by atoms with E-state index in [4.69, 9.17) is 0 Å². The first kappa shape index (κ1) is 20.9. The number of carbonyl (C=O) groups is 1. The molecule has 7 nitrogen and oxygen atoms in total. The quantitative estimate of drug-likeness (QED) is 0.580. The number of rotatable bonds is 6. The lowest BCUT2D eigenvalue weighted by atomic mass is 9.93. The van der Waals surface area contributed by atoms with E-state index in [-0.39, 0.29) is 5.91 Å². The van der Waals surface area contributed by atoms with Gasteiger partial charge in [-0.25, -0.2) is 4.98 Å². The number of nitrogens with one attached hydrogen (secondary N) is 2. The Kier molecular flexibility index (Phi) is 7.27. The van der Waals surface area contributed by atoms with Crippen LogP contribution < -0.4 is 10.6 Å². The number of aromatic nitrogens is 2. The van der Waals surface area contributed by atoms with Crippen LogP contribution in [0.4, 0.5) is 5.69 Å². The second kappa shape index (κ2) is 10.1. The van der Waals surface area contributed by atoms with Gasteiger partial charge in [-0.05, 0) is 36.5 Å². The Hall–Kier alpha value is -2.83. The first-order chi connectivity index (χ1) is 14.1. The normalized spacial score (nSPS) is 19.8. The minimum absolute atomic E-state index is 0.0607. The molecule has 29 heavy (non-hydrogen) atoms. The number of hydrogen-bond acceptors (Lipinski definition) is 3. The molecule has 1 amide bonds. The van der Waals surface area contributed by atoms with Gasteiger partial charge in [-0.1, -0.05) is 26.0 Å². The van der Waals surface area contributed by atoms with Crippen LogP contribution in [-0.4, -0.2) is 46.5 Å². The van der Waals surface area contributed by atoms with Crippen molar-refractivity contribution in [2.45, 2.75) is 45.7 Å². The number of guanidine groups is 1. The van der Waals surface area contributed by atoms with Crippen molar-refractivity contribution in [1.29, 1.82) is 0 Å². The summed E-state index contributed by atoms with van der Waals surface area (Å²) in [4.78, 5) is 22.7. The van der Waals surface area contributed by atoms with Crippen molar-refractivity contribution in [2.75, 3.05) is 25.5 Å². The summed E-state index contributed by atoms with van der Waals surface area (Å²) in [5, 5.41) is 6.40. The Bertz CT molecular complexity index is 799. The molecule has 2 unspecified atom stereocenters. The highest BCUT2D eigenvalue weighted by molar-refractivity contribution is 5.90. The maximum atomic E-state index is 11.7. The molecule has 0 bridgehead atoms. The third-order valence-electron chi connectivity index (χ3n) is 5.50. The number of anilines is 1. The van der Waals surface area contributed by atoms with Crippen molar-refractivity contribution in [3.8, 4) is 0 Å². The molecular weight excluding hydrogens is 364 g/mol. The van der Waals surface area contributed by atoms with Crippen LogP contribution in [0, 0.1) is 5.92 Å². The molecular formula is C22H32N6O. The molecule has 1 fully saturated rings. The summed E-state index contributed by atoms with van der Waals surface area (Å²) in [7, 11) is 1.83. The third-order valence-corrected chi connectivity index (χ3v) is 5.50. The summed E-state index contributed by atoms with van der Waals surface area (Å²) < 4.78 is 2.20. The molecule has 156 valence electrons. The Morgan fingerprint density at radius 2 is 2.10 bits per heavy atom. The molecule has 1 saturated heterocycles. The van der Waals surface area contributed by atoms with Crippen LogP contribution in [-0.2, 0) is 11.3 Å². The monoisotopic (exact) mass is 396 g/mol. The molecule has 0 saturated carbocycles. The number of aliphatic imine (C=N–C) groups is 1. The zero-order chi connectivity index (χ0) is 20.6. The van der Waals surface area contributed by atoms with E-state index in [0.717, 1.165) is 43.1 Å². The van der Waals surface area contributed by atoms with Crippen LogP contribution in [0.3, 0.4) is 0 Å². The topological polar surface area (TPSA) is 74.6 Å². The SMILES string of the molecule is CCCC(=O)Nc1ccc(CNC(=NC)N2CCC(C)C(n3ccnc3)C2)cc1. The highest BCUT2D eigenvalue weighted by Crippen LogP contribution is 2.27. The van der Waals surface area contributed by atoms with Crippen LogP contribution in [0.2, 0.25) is 0 Å². The number of benzene rings is 1. The average molecular weight is 397 g/mol. The molecule has 1 aliphatic heterocycles. The van der Waals surface area contributed by atoms with Crippen molar-refractivity contribution in [2.24, 2.45) is 10.9 Å². The van der Waals surface area contributed by atoms with E-state index < -0.39 is 0 Å². The van der Waals surface area contributed by atoms with Gasteiger partial charge in [0, 0.05) is 51.2 Å². The minimum Gasteiger partial charge on any atom is -0.352 e. The van der Waals surface area contributed by atoms with Crippen LogP contribution in [0.1, 0.15) is 44.7 Å². The van der Waals surface area contributed by atoms with Gasteiger partial charge in [-0.3, -0.25) is 9.79 Å². The second-order valence-electron chi connectivity index (χ2n) is 7.69. The Labute approximate surface area is 173 Å². The maximum Gasteiger partial charge on any atom is 0.224 e. The van der Waals surface area contributed by atoms with Crippen LogP contribution >= 0.6 is 0 Å². The first-order valence-corrected chi connectivity index (χ1v) is 10.4. The summed E-state index contributed by atoms with van der Waals surface area (Å²) in [6.07, 6.45) is 8.31. The van der Waals surface area contributed by atoms with Crippen LogP contribution in [0.5, 0.6) is 0 Å². The van der Waals surface area contributed by atoms with Crippen molar-refractivity contribution in [3.63, 3.8) is 0 Å². The number of likely N-dealkylation sites (tertiary alicyclic amines) is 1. The van der Waals surface area contributed by atoms with Gasteiger partial charge in [0.15, 0.2) is 5.96 Å². The third kappa shape index (κ3) is 5.59. The summed E-state index contributed by atoms with van der Waals surface area (Å²) in [6, 6.07) is 8.37. The van der Waals surface area contributed by atoms with Gasteiger partial charge >= 0.3 is 0 Å². The van der Waals surface area contributed by atoms with E-state index in [9.17, 15) is 4.79 Å². The Balaban J connectivity index is 1.55. The zero-order valence-corrected chi connectivity index (χ0v) is 17.6. The molecule has 7 heteroatoms. The largest absolute Gasteiger partial charge is 0.352 e. The van der Waals surface area contributed by atoms with E-state index in [1.54, 1.807) is 0 Å². The summed E-state index contributed by atoms with van der Waals surface area (Å²) in [5.74, 6) is 1.59. The van der Waals surface area contributed by atoms with Crippen molar-refractivity contribution in [1.82, 2.24) is 19.8 Å². The fraction of sp³-hybridized carbons (Fsp3) is 0.500. The molecule has 0 aliphatic carbocycles. The van der Waals surface area contributed by atoms with E-state index in [1.165, 1.54) is 0 Å². The van der Waals surface area contributed by atoms with E-state index in [0.29, 0.717) is 24.9 Å². The van der Waals surface area contributed by atoms with Gasteiger partial charge in [0.05, 0.1) is 12.4 Å². The van der Waals surface area contributed by atoms with E-state index >= 15 is 0 Å². The molecule has 1 aliphatic rings. The highest BCUT2D eigenvalue weighted by Gasteiger charge is 2.28. The molecule has 3 rings (SSSR count). The van der Waals surface area contributed by atoms with Crippen LogP contribution in [0.25, 0.3) is 0 Å². The summed E-state index contributed by atoms with van der Waals surface area (Å²) >= 11 is 0. The Morgan fingerprint density at radius 3 is 2.76 bits per heavy atom. The summed E-state index contributed by atoms with van der Waals surface area (Å²) in [6.45, 7) is 6.91. The molecule has 1 aromatic carbocycles. The van der Waals surface area contributed by atoms with Gasteiger partial charge in [0.25, 0.3) is 0 Å². The number of carbonyl (C=O) groups excluding carboxylic acids is 1. The number of piperidine rings is 1. The zero-order valence-electron chi connectivity index (χ0n) is 17.6. The van der Waals surface area contributed by atoms with E-state index in [1.807, 2.05) is 57.0 Å². The molecule has 0 radical (unpaired) electrons. The minimum atomic E-state index is 0.0607. The average Bonchev–Trinajstić information content (AvgIpc) is 3.25. The maximum absolute atomic E-state index is 11.7. The molecule has 2 aromatic rings. The van der Waals surface area contributed by atoms with Gasteiger partial charge in [0.2, 0.25) is 5.91 Å². The fourth-order valence-corrected chi connectivity index (χ4v) is 3.76. The standard InChI is InChI=1S/C22H32N6O/c1-4-5-21(29)26-19-8-6-18(7-9-19)14-25-22(23-3)27-12-10-17(2)20(15-27)28-13-11-24-16-28/h6-9,11,13,16-17,20H,4-5,10,12,14-15H2,1-3H3,(H,23,25)(H,26,29). The van der Waals surface area contributed by atoms with Gasteiger partial charge in [-0.2, -0.15) is 0 Å². The molecule has 1 aromatic heterocycles. The van der Waals surface area contributed by atoms with Gasteiger partial charge in [0.1, 0.15) is 0 Å². The lowest BCUT2D eigenvalue weighted by Crippen LogP contribution is -2.48. The van der Waals surface area contributed by atoms with Crippen molar-refractivity contribution in [3.05, 3.63) is 48.5 Å². The predicted molar refractivity (Wildman–Crippen MR) is 117 cm³/mol. The number of imidazole rings is 1. The molecule has 2 atom stereocenters. The highest BCUT2D eigenvalue weighted by atomic mass is 16.1. The predicted octanol–water partition coefficient (Wildman–Crippen LogP) is 3.28. The van der Waals surface area contributed by atoms with Gasteiger partial charge in [-0.15, -0.1) is 0 Å². The lowest BCUT2D eigenvalue weighted by molar-refractivity contribution is -0.116. The molecule has 2 N–H and O–H groups in total. The summed E-state index contributed by atoms with van der Waals surface area (Å²) in [5.41, 5.74) is 1.99. The number of amides is 1. The molecule has 2 heterocycles. The lowest BCUT2D eigenvalue weighted by Gasteiger charge is -2.39. The Morgan fingerprint density at radius 1 is 1.31 bits per heavy atom. The second-order valence-corrected chi connectivity index (χ2v) is 7.69. The van der Waals surface area contributed by atoms with Crippen LogP contribution in [0.15, 0.2) is 48.0 Å². The fourth-order valence-electron chi connectivity index (χ4n) is 3.76. The molecule has 0 spiro atoms. The van der Waals surface area contributed by atoms with Gasteiger partial charge < -0.3 is 20.1 Å². The smallest absolute Gasteiger partial charge is 0.224 e.